The average molecular weight is 249 g/mol. The molecule has 0 saturated carbocycles. The maximum Gasteiger partial charge on any atom is 0.251 e. The molecule has 0 bridgehead atoms. The number of pyridine rings is 1. The third-order valence-electron chi connectivity index (χ3n) is 3.15. The number of rotatable bonds is 2. The fourth-order valence-corrected chi connectivity index (χ4v) is 2.12. The van der Waals surface area contributed by atoms with Gasteiger partial charge >= 0.3 is 0 Å². The molecule has 1 aliphatic heterocycles. The van der Waals surface area contributed by atoms with Gasteiger partial charge in [0.1, 0.15) is 11.9 Å². The number of hydrogen-bond donors (Lipinski definition) is 1. The Hall–Kier alpha value is -1.62. The molecule has 98 valence electrons. The van der Waals surface area contributed by atoms with Gasteiger partial charge < -0.3 is 14.9 Å². The zero-order valence-corrected chi connectivity index (χ0v) is 10.8. The number of anilines is 1. The second kappa shape index (κ2) is 5.35. The summed E-state index contributed by atoms with van der Waals surface area (Å²) in [5, 5.41) is 9.28. The quantitative estimate of drug-likeness (QED) is 0.825. The summed E-state index contributed by atoms with van der Waals surface area (Å²) in [5.74, 6) is 0.769. The number of carbonyl (C=O) groups is 1. The first kappa shape index (κ1) is 12.8. The van der Waals surface area contributed by atoms with Crippen LogP contribution in [-0.2, 0) is 4.79 Å². The number of aryl methyl sites for hydroxylation is 1. The Labute approximate surface area is 107 Å². The molecule has 0 unspecified atom stereocenters. The molecule has 1 atom stereocenters. The Balaban J connectivity index is 1.96. The zero-order chi connectivity index (χ0) is 13.1. The van der Waals surface area contributed by atoms with Crippen LogP contribution in [0.4, 0.5) is 5.82 Å². The molecule has 0 aromatic carbocycles. The minimum atomic E-state index is -0.909. The molecule has 18 heavy (non-hydrogen) atoms. The van der Waals surface area contributed by atoms with Gasteiger partial charge in [-0.25, -0.2) is 4.98 Å². The number of piperazine rings is 1. The van der Waals surface area contributed by atoms with Crippen LogP contribution in [0.5, 0.6) is 0 Å². The standard InChI is InChI=1S/C13H19N3O2/c1-10-4-3-5-12(14-10)15-6-8-16(9-7-15)13(18)11(2)17/h3-5,11,17H,6-9H2,1-2H3/t11-/m0/s1. The van der Waals surface area contributed by atoms with Gasteiger partial charge in [0, 0.05) is 31.9 Å². The van der Waals surface area contributed by atoms with Crippen LogP contribution in [0.15, 0.2) is 18.2 Å². The van der Waals surface area contributed by atoms with Crippen molar-refractivity contribution in [3.05, 3.63) is 23.9 Å². The molecule has 1 aliphatic rings. The van der Waals surface area contributed by atoms with E-state index in [4.69, 9.17) is 0 Å². The molecule has 1 amide bonds. The van der Waals surface area contributed by atoms with Crippen molar-refractivity contribution in [2.24, 2.45) is 0 Å². The molecular formula is C13H19N3O2. The Bertz CT molecular complexity index is 426. The molecule has 5 heteroatoms. The van der Waals surface area contributed by atoms with Crippen molar-refractivity contribution in [1.29, 1.82) is 0 Å². The van der Waals surface area contributed by atoms with Crippen molar-refractivity contribution in [2.45, 2.75) is 20.0 Å². The van der Waals surface area contributed by atoms with Crippen LogP contribution in [0.3, 0.4) is 0 Å². The van der Waals surface area contributed by atoms with E-state index in [1.54, 1.807) is 4.90 Å². The van der Waals surface area contributed by atoms with Crippen molar-refractivity contribution < 1.29 is 9.90 Å². The van der Waals surface area contributed by atoms with Crippen LogP contribution in [0.25, 0.3) is 0 Å². The van der Waals surface area contributed by atoms with Gasteiger partial charge in [-0.1, -0.05) is 6.07 Å². The van der Waals surface area contributed by atoms with E-state index in [1.807, 2.05) is 25.1 Å². The number of nitrogens with zero attached hydrogens (tertiary/aromatic N) is 3. The fourth-order valence-electron chi connectivity index (χ4n) is 2.12. The van der Waals surface area contributed by atoms with Crippen LogP contribution < -0.4 is 4.90 Å². The van der Waals surface area contributed by atoms with Crippen LogP contribution in [0.2, 0.25) is 0 Å². The van der Waals surface area contributed by atoms with Gasteiger partial charge in [-0.15, -0.1) is 0 Å². The molecule has 0 aliphatic carbocycles. The molecule has 1 fully saturated rings. The highest BCUT2D eigenvalue weighted by Gasteiger charge is 2.24. The molecule has 1 aromatic heterocycles. The molecule has 1 aromatic rings. The second-order valence-corrected chi connectivity index (χ2v) is 4.63. The molecule has 5 nitrogen and oxygen atoms in total. The lowest BCUT2D eigenvalue weighted by atomic mass is 10.2. The van der Waals surface area contributed by atoms with Crippen LogP contribution >= 0.6 is 0 Å². The minimum Gasteiger partial charge on any atom is -0.384 e. The van der Waals surface area contributed by atoms with Crippen molar-refractivity contribution in [1.82, 2.24) is 9.88 Å². The molecule has 2 rings (SSSR count). The Morgan fingerprint density at radius 3 is 2.56 bits per heavy atom. The van der Waals surface area contributed by atoms with Crippen molar-refractivity contribution in [3.63, 3.8) is 0 Å². The summed E-state index contributed by atoms with van der Waals surface area (Å²) in [6, 6.07) is 5.95. The van der Waals surface area contributed by atoms with Gasteiger partial charge in [0.25, 0.3) is 5.91 Å². The highest BCUT2D eigenvalue weighted by Crippen LogP contribution is 2.14. The van der Waals surface area contributed by atoms with Gasteiger partial charge in [0.2, 0.25) is 0 Å². The van der Waals surface area contributed by atoms with Gasteiger partial charge in [-0.3, -0.25) is 4.79 Å². The van der Waals surface area contributed by atoms with Gasteiger partial charge in [0.15, 0.2) is 0 Å². The summed E-state index contributed by atoms with van der Waals surface area (Å²) in [5.41, 5.74) is 0.995. The topological polar surface area (TPSA) is 56.7 Å². The van der Waals surface area contributed by atoms with Gasteiger partial charge in [-0.2, -0.15) is 0 Å². The Kier molecular flexibility index (Phi) is 3.81. The summed E-state index contributed by atoms with van der Waals surface area (Å²) in [4.78, 5) is 20.0. The first-order valence-electron chi connectivity index (χ1n) is 6.23. The third-order valence-corrected chi connectivity index (χ3v) is 3.15. The van der Waals surface area contributed by atoms with E-state index in [1.165, 1.54) is 6.92 Å². The second-order valence-electron chi connectivity index (χ2n) is 4.63. The summed E-state index contributed by atoms with van der Waals surface area (Å²) < 4.78 is 0. The third kappa shape index (κ3) is 2.79. The molecule has 1 saturated heterocycles. The highest BCUT2D eigenvalue weighted by atomic mass is 16.3. The summed E-state index contributed by atoms with van der Waals surface area (Å²) in [7, 11) is 0. The van der Waals surface area contributed by atoms with Crippen LogP contribution in [0, 0.1) is 6.92 Å². The number of aromatic nitrogens is 1. The molecule has 1 N–H and O–H groups in total. The highest BCUT2D eigenvalue weighted by molar-refractivity contribution is 5.80. The number of amides is 1. The van der Waals surface area contributed by atoms with Crippen molar-refractivity contribution >= 4 is 11.7 Å². The largest absolute Gasteiger partial charge is 0.384 e. The van der Waals surface area contributed by atoms with E-state index in [-0.39, 0.29) is 5.91 Å². The van der Waals surface area contributed by atoms with Crippen LogP contribution in [0.1, 0.15) is 12.6 Å². The first-order valence-corrected chi connectivity index (χ1v) is 6.23. The fraction of sp³-hybridized carbons (Fsp3) is 0.538. The summed E-state index contributed by atoms with van der Waals surface area (Å²) in [6.45, 7) is 6.27. The number of aliphatic hydroxyl groups is 1. The maximum atomic E-state index is 11.6. The van der Waals surface area contributed by atoms with E-state index < -0.39 is 6.10 Å². The smallest absolute Gasteiger partial charge is 0.251 e. The molecule has 2 heterocycles. The maximum absolute atomic E-state index is 11.6. The zero-order valence-electron chi connectivity index (χ0n) is 10.8. The molecule has 0 radical (unpaired) electrons. The van der Waals surface area contributed by atoms with Gasteiger partial charge in [0.05, 0.1) is 0 Å². The number of aliphatic hydroxyl groups excluding tert-OH is 1. The first-order chi connectivity index (χ1) is 8.58. The Morgan fingerprint density at radius 1 is 1.33 bits per heavy atom. The monoisotopic (exact) mass is 249 g/mol. The van der Waals surface area contributed by atoms with Crippen LogP contribution in [-0.4, -0.2) is 53.2 Å². The lowest BCUT2D eigenvalue weighted by Gasteiger charge is -2.36. The number of hydrogen-bond acceptors (Lipinski definition) is 4. The van der Waals surface area contributed by atoms with E-state index in [9.17, 15) is 9.90 Å². The molecular weight excluding hydrogens is 230 g/mol. The number of carbonyl (C=O) groups excluding carboxylic acids is 1. The SMILES string of the molecule is Cc1cccc(N2CCN(C(=O)[C@H](C)O)CC2)n1. The van der Waals surface area contributed by atoms with Crippen molar-refractivity contribution in [2.75, 3.05) is 31.1 Å². The van der Waals surface area contributed by atoms with Crippen molar-refractivity contribution in [3.8, 4) is 0 Å². The summed E-state index contributed by atoms with van der Waals surface area (Å²) >= 11 is 0. The van der Waals surface area contributed by atoms with E-state index >= 15 is 0 Å². The van der Waals surface area contributed by atoms with E-state index in [0.717, 1.165) is 24.6 Å². The summed E-state index contributed by atoms with van der Waals surface area (Å²) in [6.07, 6.45) is -0.909. The van der Waals surface area contributed by atoms with E-state index in [2.05, 4.69) is 9.88 Å². The Morgan fingerprint density at radius 2 is 2.00 bits per heavy atom. The predicted octanol–water partition coefficient (Wildman–Crippen LogP) is 0.419. The molecule has 0 spiro atoms. The lowest BCUT2D eigenvalue weighted by molar-refractivity contribution is -0.139. The van der Waals surface area contributed by atoms with E-state index in [0.29, 0.717) is 13.1 Å². The predicted molar refractivity (Wildman–Crippen MR) is 69.4 cm³/mol. The van der Waals surface area contributed by atoms with Gasteiger partial charge in [-0.05, 0) is 26.0 Å². The lowest BCUT2D eigenvalue weighted by Crippen LogP contribution is -2.51. The average Bonchev–Trinajstić information content (AvgIpc) is 2.38. The minimum absolute atomic E-state index is 0.188. The normalized spacial score (nSPS) is 17.7.